The first-order valence-electron chi connectivity index (χ1n) is 5.89. The lowest BCUT2D eigenvalue weighted by Crippen LogP contribution is -1.98. The maximum Gasteiger partial charge on any atom is 0.337 e. The van der Waals surface area contributed by atoms with Crippen molar-refractivity contribution in [1.82, 2.24) is 9.97 Å². The van der Waals surface area contributed by atoms with Crippen molar-refractivity contribution >= 4 is 17.0 Å². The van der Waals surface area contributed by atoms with E-state index in [0.717, 1.165) is 24.2 Å². The third kappa shape index (κ3) is 2.02. The Morgan fingerprint density at radius 1 is 1.41 bits per heavy atom. The standard InChI is InChI=1S/C13H16N2O2/c1-3-8(4-2)12-14-10-7-5-6-9(13(16)17)11(10)15-12/h5-8H,3-4H2,1-2H3,(H,14,15)(H,16,17). The molecular weight excluding hydrogens is 216 g/mol. The molecule has 0 spiro atoms. The number of aromatic nitrogens is 2. The molecule has 0 bridgehead atoms. The zero-order valence-electron chi connectivity index (χ0n) is 10.0. The largest absolute Gasteiger partial charge is 0.478 e. The number of para-hydroxylation sites is 1. The van der Waals surface area contributed by atoms with E-state index in [1.54, 1.807) is 12.1 Å². The van der Waals surface area contributed by atoms with Crippen LogP contribution in [0.15, 0.2) is 18.2 Å². The molecule has 4 heteroatoms. The predicted octanol–water partition coefficient (Wildman–Crippen LogP) is 3.16. The third-order valence-corrected chi connectivity index (χ3v) is 3.13. The molecular formula is C13H16N2O2. The molecule has 0 atom stereocenters. The van der Waals surface area contributed by atoms with Crippen LogP contribution in [0.3, 0.4) is 0 Å². The van der Waals surface area contributed by atoms with Crippen molar-refractivity contribution in [3.05, 3.63) is 29.6 Å². The van der Waals surface area contributed by atoms with Crippen molar-refractivity contribution in [2.45, 2.75) is 32.6 Å². The predicted molar refractivity (Wildman–Crippen MR) is 66.4 cm³/mol. The number of rotatable bonds is 4. The van der Waals surface area contributed by atoms with Crippen LogP contribution < -0.4 is 0 Å². The smallest absolute Gasteiger partial charge is 0.337 e. The van der Waals surface area contributed by atoms with Gasteiger partial charge in [-0.15, -0.1) is 0 Å². The highest BCUT2D eigenvalue weighted by Crippen LogP contribution is 2.24. The van der Waals surface area contributed by atoms with Crippen molar-refractivity contribution in [3.8, 4) is 0 Å². The second kappa shape index (κ2) is 4.57. The molecule has 0 radical (unpaired) electrons. The van der Waals surface area contributed by atoms with E-state index in [1.165, 1.54) is 0 Å². The van der Waals surface area contributed by atoms with E-state index >= 15 is 0 Å². The maximum atomic E-state index is 11.1. The van der Waals surface area contributed by atoms with Gasteiger partial charge >= 0.3 is 5.97 Å². The molecule has 0 aliphatic rings. The van der Waals surface area contributed by atoms with Crippen molar-refractivity contribution in [1.29, 1.82) is 0 Å². The number of carboxylic acid groups (broad SMARTS) is 1. The van der Waals surface area contributed by atoms with Crippen LogP contribution in [-0.4, -0.2) is 21.0 Å². The number of nitrogens with zero attached hydrogens (tertiary/aromatic N) is 1. The molecule has 1 heterocycles. The molecule has 0 saturated heterocycles. The zero-order chi connectivity index (χ0) is 12.4. The van der Waals surface area contributed by atoms with Crippen LogP contribution in [0.5, 0.6) is 0 Å². The highest BCUT2D eigenvalue weighted by atomic mass is 16.4. The van der Waals surface area contributed by atoms with Gasteiger partial charge in [0, 0.05) is 5.92 Å². The van der Waals surface area contributed by atoms with E-state index in [4.69, 9.17) is 5.11 Å². The fraction of sp³-hybridized carbons (Fsp3) is 0.385. The first-order chi connectivity index (χ1) is 8.17. The number of carbonyl (C=O) groups is 1. The number of carboxylic acids is 1. The van der Waals surface area contributed by atoms with E-state index in [-0.39, 0.29) is 5.56 Å². The van der Waals surface area contributed by atoms with Gasteiger partial charge in [-0.3, -0.25) is 0 Å². The Labute approximate surface area is 99.7 Å². The molecule has 0 aliphatic heterocycles. The average molecular weight is 232 g/mol. The van der Waals surface area contributed by atoms with Gasteiger partial charge in [0.25, 0.3) is 0 Å². The van der Waals surface area contributed by atoms with Gasteiger partial charge in [0.05, 0.1) is 11.1 Å². The highest BCUT2D eigenvalue weighted by molar-refractivity contribution is 6.00. The summed E-state index contributed by atoms with van der Waals surface area (Å²) in [4.78, 5) is 18.7. The second-order valence-electron chi connectivity index (χ2n) is 4.14. The summed E-state index contributed by atoms with van der Waals surface area (Å²) in [5.41, 5.74) is 1.62. The summed E-state index contributed by atoms with van der Waals surface area (Å²) in [6.07, 6.45) is 2.00. The Hall–Kier alpha value is -1.84. The molecule has 1 aromatic heterocycles. The number of fused-ring (bicyclic) bond motifs is 1. The number of benzene rings is 1. The van der Waals surface area contributed by atoms with E-state index < -0.39 is 5.97 Å². The molecule has 0 aliphatic carbocycles. The SMILES string of the molecule is CCC(CC)c1nc2c(C(=O)O)cccc2[nH]1. The normalized spacial score (nSPS) is 11.2. The van der Waals surface area contributed by atoms with Crippen LogP contribution in [-0.2, 0) is 0 Å². The lowest BCUT2D eigenvalue weighted by Gasteiger charge is -2.07. The van der Waals surface area contributed by atoms with Crippen molar-refractivity contribution in [2.24, 2.45) is 0 Å². The maximum absolute atomic E-state index is 11.1. The molecule has 2 N–H and O–H groups in total. The minimum atomic E-state index is -0.932. The van der Waals surface area contributed by atoms with Gasteiger partial charge < -0.3 is 10.1 Å². The molecule has 17 heavy (non-hydrogen) atoms. The fourth-order valence-electron chi connectivity index (χ4n) is 2.09. The van der Waals surface area contributed by atoms with Gasteiger partial charge in [0.1, 0.15) is 11.3 Å². The number of aromatic amines is 1. The highest BCUT2D eigenvalue weighted by Gasteiger charge is 2.16. The third-order valence-electron chi connectivity index (χ3n) is 3.13. The van der Waals surface area contributed by atoms with Gasteiger partial charge in [0.15, 0.2) is 0 Å². The Morgan fingerprint density at radius 2 is 2.12 bits per heavy atom. The molecule has 0 amide bonds. The summed E-state index contributed by atoms with van der Waals surface area (Å²) >= 11 is 0. The Morgan fingerprint density at radius 3 is 2.71 bits per heavy atom. The molecule has 0 saturated carbocycles. The van der Waals surface area contributed by atoms with Crippen molar-refractivity contribution in [3.63, 3.8) is 0 Å². The van der Waals surface area contributed by atoms with E-state index in [2.05, 4.69) is 23.8 Å². The summed E-state index contributed by atoms with van der Waals surface area (Å²) in [6.45, 7) is 4.22. The topological polar surface area (TPSA) is 66.0 Å². The Balaban J connectivity index is 2.57. The second-order valence-corrected chi connectivity index (χ2v) is 4.14. The molecule has 4 nitrogen and oxygen atoms in total. The first-order valence-corrected chi connectivity index (χ1v) is 5.89. The van der Waals surface area contributed by atoms with Gasteiger partial charge in [0.2, 0.25) is 0 Å². The van der Waals surface area contributed by atoms with Crippen LogP contribution >= 0.6 is 0 Å². The van der Waals surface area contributed by atoms with Crippen LogP contribution in [0, 0.1) is 0 Å². The number of nitrogens with one attached hydrogen (secondary N) is 1. The minimum absolute atomic E-state index is 0.260. The quantitative estimate of drug-likeness (QED) is 0.850. The lowest BCUT2D eigenvalue weighted by atomic mass is 10.0. The zero-order valence-corrected chi connectivity index (χ0v) is 10.0. The van der Waals surface area contributed by atoms with Gasteiger partial charge in [-0.1, -0.05) is 19.9 Å². The van der Waals surface area contributed by atoms with Crippen molar-refractivity contribution in [2.75, 3.05) is 0 Å². The van der Waals surface area contributed by atoms with Gasteiger partial charge in [-0.25, -0.2) is 9.78 Å². The van der Waals surface area contributed by atoms with Crippen LogP contribution in [0.25, 0.3) is 11.0 Å². The summed E-state index contributed by atoms with van der Waals surface area (Å²) < 4.78 is 0. The van der Waals surface area contributed by atoms with Gasteiger partial charge in [-0.2, -0.15) is 0 Å². The van der Waals surface area contributed by atoms with Crippen molar-refractivity contribution < 1.29 is 9.90 Å². The Kier molecular flexibility index (Phi) is 3.13. The Bertz CT molecular complexity index is 541. The molecule has 0 fully saturated rings. The van der Waals surface area contributed by atoms with Gasteiger partial charge in [-0.05, 0) is 25.0 Å². The van der Waals surface area contributed by atoms with E-state index in [0.29, 0.717) is 11.4 Å². The summed E-state index contributed by atoms with van der Waals surface area (Å²) in [6, 6.07) is 5.18. The van der Waals surface area contributed by atoms with E-state index in [9.17, 15) is 4.79 Å². The number of hydrogen-bond donors (Lipinski definition) is 2. The molecule has 2 rings (SSSR count). The molecule has 2 aromatic rings. The first kappa shape index (κ1) is 11.6. The average Bonchev–Trinajstić information content (AvgIpc) is 2.73. The number of hydrogen-bond acceptors (Lipinski definition) is 2. The van der Waals surface area contributed by atoms with E-state index in [1.807, 2.05) is 6.07 Å². The summed E-state index contributed by atoms with van der Waals surface area (Å²) in [5, 5.41) is 9.09. The molecule has 1 aromatic carbocycles. The minimum Gasteiger partial charge on any atom is -0.478 e. The van der Waals surface area contributed by atoms with Crippen LogP contribution in [0.2, 0.25) is 0 Å². The number of aromatic carboxylic acids is 1. The van der Waals surface area contributed by atoms with Crippen LogP contribution in [0.4, 0.5) is 0 Å². The molecule has 0 unspecified atom stereocenters. The number of imidazole rings is 1. The number of H-pyrrole nitrogens is 1. The molecule has 90 valence electrons. The monoisotopic (exact) mass is 232 g/mol. The summed E-state index contributed by atoms with van der Waals surface area (Å²) in [5.74, 6) is 0.320. The van der Waals surface area contributed by atoms with Crippen LogP contribution in [0.1, 0.15) is 48.8 Å². The lowest BCUT2D eigenvalue weighted by molar-refractivity contribution is 0.0699. The fourth-order valence-corrected chi connectivity index (χ4v) is 2.09. The summed E-state index contributed by atoms with van der Waals surface area (Å²) in [7, 11) is 0.